The molecule has 62 heavy (non-hydrogen) atoms. The van der Waals surface area contributed by atoms with E-state index in [1.807, 2.05) is 91.9 Å². The number of aromatic hydroxyl groups is 1. The van der Waals surface area contributed by atoms with Gasteiger partial charge in [0.25, 0.3) is 0 Å². The van der Waals surface area contributed by atoms with E-state index in [9.17, 15) is 5.11 Å². The zero-order valence-corrected chi connectivity index (χ0v) is 33.5. The second-order valence-corrected chi connectivity index (χ2v) is 15.4. The van der Waals surface area contributed by atoms with E-state index >= 15 is 0 Å². The van der Waals surface area contributed by atoms with Gasteiger partial charge in [-0.2, -0.15) is 0 Å². The third kappa shape index (κ3) is 7.74. The zero-order valence-electron chi connectivity index (χ0n) is 54.5. The number of benzene rings is 7. The second kappa shape index (κ2) is 15.8. The van der Waals surface area contributed by atoms with E-state index < -0.39 is 87.1 Å². The lowest BCUT2D eigenvalue weighted by atomic mass is 9.79. The van der Waals surface area contributed by atoms with Gasteiger partial charge in [-0.05, 0) is 129 Å². The molecule has 2 heterocycles. The lowest BCUT2D eigenvalue weighted by molar-refractivity contribution is 0.446. The fourth-order valence-corrected chi connectivity index (χ4v) is 7.85. The number of hydrogen-bond acceptors (Lipinski definition) is 3. The Morgan fingerprint density at radius 3 is 1.89 bits per heavy atom. The first-order chi connectivity index (χ1) is 38.4. The first-order valence-electron chi connectivity index (χ1n) is 30.3. The molecule has 0 amide bonds. The molecular formula is C58H53N3O. The molecule has 0 unspecified atom stereocenters. The van der Waals surface area contributed by atoms with Crippen molar-refractivity contribution in [2.45, 2.75) is 65.7 Å². The molecule has 0 saturated carbocycles. The number of fused-ring (bicyclic) bond motifs is 1. The average molecular weight is 829 g/mol. The molecule has 306 valence electrons. The average Bonchev–Trinajstić information content (AvgIpc) is 1.92. The van der Waals surface area contributed by atoms with E-state index in [2.05, 4.69) is 0 Å². The Morgan fingerprint density at radius 2 is 1.18 bits per heavy atom. The van der Waals surface area contributed by atoms with Gasteiger partial charge in [0.15, 0.2) is 0 Å². The summed E-state index contributed by atoms with van der Waals surface area (Å²) in [4.78, 5) is 9.82. The van der Waals surface area contributed by atoms with Crippen LogP contribution in [0.1, 0.15) is 92.2 Å². The van der Waals surface area contributed by atoms with Crippen LogP contribution in [-0.2, 0) is 10.8 Å². The molecule has 0 atom stereocenters. The molecule has 4 heteroatoms. The summed E-state index contributed by atoms with van der Waals surface area (Å²) >= 11 is 0. The maximum Gasteiger partial charge on any atom is 0.149 e. The Bertz CT molecular complexity index is 3820. The third-order valence-electron chi connectivity index (χ3n) is 11.0. The van der Waals surface area contributed by atoms with Crippen LogP contribution >= 0.6 is 0 Å². The van der Waals surface area contributed by atoms with Crippen molar-refractivity contribution in [2.24, 2.45) is 0 Å². The molecule has 0 radical (unpaired) electrons. The van der Waals surface area contributed by atoms with Gasteiger partial charge in [-0.25, -0.2) is 4.98 Å². The summed E-state index contributed by atoms with van der Waals surface area (Å²) in [7, 11) is 0. The van der Waals surface area contributed by atoms with E-state index in [1.54, 1.807) is 54.7 Å². The van der Waals surface area contributed by atoms with Crippen molar-refractivity contribution < 1.29 is 33.9 Å². The normalized spacial score (nSPS) is 18.4. The monoisotopic (exact) mass is 829 g/mol. The molecule has 0 spiro atoms. The maximum atomic E-state index is 13.0. The molecule has 0 saturated heterocycles. The number of phenols is 1. The standard InChI is InChI=1S/C58H53N3O/c1-37-22-24-41(25-23-37)43-28-29-59-51(34-43)46-32-44(40-18-13-10-14-19-40)31-45(33-46)48-20-15-21-53-54(48)60-56(49-35-47(57(3,4)5)36-50(55(49)62)58(6,7)8)61(53)52-27-26-42(30-38(52)2)39-16-11-9-12-17-39/h9-36,62H,1-8H3/i2D3,3D3,4D3,5D3,6D3,7D3,8D3. The predicted octanol–water partition coefficient (Wildman–Crippen LogP) is 15.3. The quantitative estimate of drug-likeness (QED) is 0.174. The Hall–Kier alpha value is -7.04. The minimum absolute atomic E-state index is 0.00235. The first kappa shape index (κ1) is 22.7. The summed E-state index contributed by atoms with van der Waals surface area (Å²) in [5, 5.41) is 13.0. The highest BCUT2D eigenvalue weighted by Crippen LogP contribution is 2.45. The molecule has 4 nitrogen and oxygen atoms in total. The number of hydrogen-bond donors (Lipinski definition) is 1. The molecule has 9 rings (SSSR count). The van der Waals surface area contributed by atoms with Crippen molar-refractivity contribution in [3.63, 3.8) is 0 Å². The molecule has 7 aromatic carbocycles. The van der Waals surface area contributed by atoms with Crippen molar-refractivity contribution in [3.8, 4) is 78.6 Å². The van der Waals surface area contributed by atoms with E-state index in [0.29, 0.717) is 45.1 Å². The minimum atomic E-state index is -4.23. The molecule has 0 aliphatic carbocycles. The summed E-state index contributed by atoms with van der Waals surface area (Å²) in [6.45, 7) is -26.0. The molecule has 0 fully saturated rings. The van der Waals surface area contributed by atoms with Crippen LogP contribution in [0.25, 0.3) is 83.9 Å². The number of aromatic nitrogens is 3. The predicted molar refractivity (Wildman–Crippen MR) is 260 cm³/mol. The number of aryl methyl sites for hydroxylation is 2. The smallest absolute Gasteiger partial charge is 0.149 e. The first-order valence-corrected chi connectivity index (χ1v) is 19.8. The van der Waals surface area contributed by atoms with Gasteiger partial charge < -0.3 is 5.11 Å². The highest BCUT2D eigenvalue weighted by molar-refractivity contribution is 5.98. The Morgan fingerprint density at radius 1 is 0.532 bits per heavy atom. The topological polar surface area (TPSA) is 50.9 Å². The van der Waals surface area contributed by atoms with Gasteiger partial charge in [0.05, 0.1) is 28.0 Å². The fourth-order valence-electron chi connectivity index (χ4n) is 7.85. The lowest BCUT2D eigenvalue weighted by Gasteiger charge is -2.27. The fraction of sp³-hybridized carbons (Fsp3) is 0.172. The van der Waals surface area contributed by atoms with Crippen molar-refractivity contribution in [1.29, 1.82) is 0 Å². The second-order valence-electron chi connectivity index (χ2n) is 15.4. The highest BCUT2D eigenvalue weighted by Gasteiger charge is 2.29. The van der Waals surface area contributed by atoms with Gasteiger partial charge in [-0.1, -0.05) is 156 Å². The minimum Gasteiger partial charge on any atom is -0.507 e. The molecule has 9 aromatic rings. The van der Waals surface area contributed by atoms with Crippen LogP contribution in [0.4, 0.5) is 0 Å². The summed E-state index contributed by atoms with van der Waals surface area (Å²) in [6.07, 6.45) is 1.67. The molecule has 2 aromatic heterocycles. The van der Waals surface area contributed by atoms with Crippen molar-refractivity contribution >= 4 is 11.0 Å². The number of imidazole rings is 1. The van der Waals surface area contributed by atoms with Gasteiger partial charge in [0.1, 0.15) is 11.6 Å². The molecule has 1 N–H and O–H groups in total. The van der Waals surface area contributed by atoms with E-state index in [0.717, 1.165) is 22.3 Å². The summed E-state index contributed by atoms with van der Waals surface area (Å²) in [6, 6.07) is 45.3. The Balaban J connectivity index is 1.49. The number of rotatable bonds is 7. The van der Waals surface area contributed by atoms with Gasteiger partial charge in [0, 0.05) is 51.7 Å². The Labute approximate surface area is 395 Å². The number of nitrogens with zero attached hydrogens (tertiary/aromatic N) is 3. The van der Waals surface area contributed by atoms with Gasteiger partial charge in [-0.3, -0.25) is 9.55 Å². The summed E-state index contributed by atoms with van der Waals surface area (Å²) in [5.74, 6) is -2.14. The molecular weight excluding hydrogens is 755 g/mol. The SMILES string of the molecule is [2H]C([2H])([2H])c1cc(-c2ccccc2)ccc1-n1c(-c2cc(C(C([2H])([2H])[2H])(C([2H])([2H])[2H])C([2H])([2H])[2H])cc(C(C([2H])([2H])[2H])(C([2H])([2H])[2H])C([2H])([2H])[2H])c2O)nc2c(-c3cc(-c4ccccc4)cc(-c4cc(-c5ccc(C)cc5)ccn4)c3)cccc21. The van der Waals surface area contributed by atoms with Crippen LogP contribution in [0.2, 0.25) is 0 Å². The summed E-state index contributed by atoms with van der Waals surface area (Å²) in [5.41, 5.74) is -5.44. The number of para-hydroxylation sites is 1. The van der Waals surface area contributed by atoms with Crippen LogP contribution in [0.15, 0.2) is 170 Å². The van der Waals surface area contributed by atoms with Crippen LogP contribution in [0.3, 0.4) is 0 Å². The van der Waals surface area contributed by atoms with Gasteiger partial charge in [0.2, 0.25) is 0 Å². The van der Waals surface area contributed by atoms with E-state index in [1.165, 1.54) is 22.8 Å². The summed E-state index contributed by atoms with van der Waals surface area (Å²) < 4.78 is 185. The van der Waals surface area contributed by atoms with Gasteiger partial charge >= 0.3 is 0 Å². The van der Waals surface area contributed by atoms with Crippen molar-refractivity contribution in [3.05, 3.63) is 192 Å². The largest absolute Gasteiger partial charge is 0.507 e. The highest BCUT2D eigenvalue weighted by atomic mass is 16.3. The van der Waals surface area contributed by atoms with Crippen LogP contribution in [0.5, 0.6) is 5.75 Å². The molecule has 0 aliphatic rings. The maximum absolute atomic E-state index is 13.0. The van der Waals surface area contributed by atoms with Crippen molar-refractivity contribution in [2.75, 3.05) is 0 Å². The number of pyridine rings is 1. The lowest BCUT2D eigenvalue weighted by Crippen LogP contribution is -2.17. The van der Waals surface area contributed by atoms with Crippen LogP contribution in [0, 0.1) is 13.8 Å². The van der Waals surface area contributed by atoms with Crippen LogP contribution in [-0.4, -0.2) is 19.6 Å². The number of phenolic OH excluding ortho intramolecular Hbond substituents is 1. The van der Waals surface area contributed by atoms with E-state index in [-0.39, 0.29) is 28.4 Å². The zero-order chi connectivity index (χ0) is 60.8. The van der Waals surface area contributed by atoms with Gasteiger partial charge in [-0.15, -0.1) is 0 Å². The van der Waals surface area contributed by atoms with Crippen LogP contribution < -0.4 is 0 Å². The third-order valence-corrected chi connectivity index (χ3v) is 11.0. The van der Waals surface area contributed by atoms with Crippen molar-refractivity contribution in [1.82, 2.24) is 14.5 Å². The Kier molecular flexibility index (Phi) is 5.77. The molecule has 0 bridgehead atoms. The molecule has 0 aliphatic heterocycles. The van der Waals surface area contributed by atoms with E-state index in [4.69, 9.17) is 38.8 Å².